The molecule has 12 heteroatoms. The second kappa shape index (κ2) is 10.4. The molecule has 3 aromatic rings. The Morgan fingerprint density at radius 3 is 2.16 bits per heavy atom. The van der Waals surface area contributed by atoms with Crippen molar-refractivity contribution in [2.24, 2.45) is 11.1 Å². The third-order valence-electron chi connectivity index (χ3n) is 7.12. The molecule has 38 heavy (non-hydrogen) atoms. The van der Waals surface area contributed by atoms with Gasteiger partial charge in [0.05, 0.1) is 30.3 Å². The Kier molecular flexibility index (Phi) is 7.19. The van der Waals surface area contributed by atoms with Crippen LogP contribution in [0.3, 0.4) is 0 Å². The van der Waals surface area contributed by atoms with Crippen molar-refractivity contribution in [3.63, 3.8) is 0 Å². The summed E-state index contributed by atoms with van der Waals surface area (Å²) in [5.74, 6) is 0.923. The summed E-state index contributed by atoms with van der Waals surface area (Å²) in [6.07, 6.45) is -2.80. The molecule has 5 rings (SSSR count). The average molecular weight is 529 g/mol. The molecular weight excluding hydrogens is 494 g/mol. The van der Waals surface area contributed by atoms with Crippen LogP contribution in [0.1, 0.15) is 33.0 Å². The van der Waals surface area contributed by atoms with E-state index in [0.717, 1.165) is 0 Å². The maximum Gasteiger partial charge on any atom is 0.296 e. The summed E-state index contributed by atoms with van der Waals surface area (Å²) >= 11 is 0. The zero-order chi connectivity index (χ0) is 27.0. The summed E-state index contributed by atoms with van der Waals surface area (Å²) in [7, 11) is 0. The van der Waals surface area contributed by atoms with Crippen LogP contribution in [0.15, 0.2) is 30.3 Å². The van der Waals surface area contributed by atoms with E-state index in [-0.39, 0.29) is 17.3 Å². The first-order valence-corrected chi connectivity index (χ1v) is 12.9. The molecular formula is C26H34F2N8O2. The molecule has 1 aromatic carbocycles. The number of amides is 1. The van der Waals surface area contributed by atoms with Crippen LogP contribution in [0.5, 0.6) is 0 Å². The molecule has 2 aromatic heterocycles. The van der Waals surface area contributed by atoms with Gasteiger partial charge in [-0.1, -0.05) is 32.9 Å². The molecule has 4 heterocycles. The van der Waals surface area contributed by atoms with Crippen LogP contribution in [0, 0.1) is 5.41 Å². The van der Waals surface area contributed by atoms with Crippen molar-refractivity contribution in [2.75, 3.05) is 62.3 Å². The van der Waals surface area contributed by atoms with Crippen LogP contribution in [-0.4, -0.2) is 88.9 Å². The largest absolute Gasteiger partial charge is 0.378 e. The summed E-state index contributed by atoms with van der Waals surface area (Å²) in [4.78, 5) is 32.5. The fourth-order valence-corrected chi connectivity index (χ4v) is 4.75. The van der Waals surface area contributed by atoms with E-state index in [1.165, 1.54) is 4.57 Å². The molecule has 1 unspecified atom stereocenters. The number of carbonyl (C=O) groups excluding carboxylic acids is 1. The average Bonchev–Trinajstić information content (AvgIpc) is 3.32. The summed E-state index contributed by atoms with van der Waals surface area (Å²) in [5.41, 5.74) is 6.85. The molecule has 10 nitrogen and oxygen atoms in total. The van der Waals surface area contributed by atoms with Crippen LogP contribution in [0.2, 0.25) is 0 Å². The highest BCUT2D eigenvalue weighted by atomic mass is 19.3. The second-order valence-corrected chi connectivity index (χ2v) is 10.7. The van der Waals surface area contributed by atoms with Crippen LogP contribution in [0.25, 0.3) is 17.0 Å². The number of rotatable bonds is 5. The number of benzene rings is 1. The number of imidazole rings is 1. The lowest BCUT2D eigenvalue weighted by Crippen LogP contribution is -2.56. The third kappa shape index (κ3) is 5.14. The Morgan fingerprint density at radius 1 is 0.947 bits per heavy atom. The smallest absolute Gasteiger partial charge is 0.296 e. The number of ether oxygens (including phenoxy) is 1. The predicted octanol–water partition coefficient (Wildman–Crippen LogP) is 2.61. The van der Waals surface area contributed by atoms with Crippen LogP contribution < -0.4 is 15.5 Å². The zero-order valence-electron chi connectivity index (χ0n) is 22.0. The van der Waals surface area contributed by atoms with Crippen molar-refractivity contribution in [2.45, 2.75) is 33.2 Å². The first-order chi connectivity index (χ1) is 18.1. The Labute approximate surface area is 220 Å². The highest BCUT2D eigenvalue weighted by Gasteiger charge is 2.33. The number of fused-ring (bicyclic) bond motifs is 1. The SMILES string of the molecule is CC(C)(C)C(N)C(=O)N1CCN(c2cc(N3CCOCC3)nc(-n3c(C(F)F)nc4ccccc43)n2)CC1. The van der Waals surface area contributed by atoms with Crippen molar-refractivity contribution in [1.82, 2.24) is 24.4 Å². The molecule has 1 atom stereocenters. The van der Waals surface area contributed by atoms with E-state index in [4.69, 9.17) is 20.4 Å². The number of piperazine rings is 1. The minimum Gasteiger partial charge on any atom is -0.378 e. The van der Waals surface area contributed by atoms with Crippen molar-refractivity contribution in [3.8, 4) is 5.95 Å². The van der Waals surface area contributed by atoms with E-state index >= 15 is 0 Å². The molecule has 2 fully saturated rings. The zero-order valence-corrected chi connectivity index (χ0v) is 22.0. The lowest BCUT2D eigenvalue weighted by molar-refractivity contribution is -0.135. The molecule has 0 bridgehead atoms. The van der Waals surface area contributed by atoms with Gasteiger partial charge in [0, 0.05) is 45.3 Å². The fourth-order valence-electron chi connectivity index (χ4n) is 4.75. The maximum absolute atomic E-state index is 14.1. The molecule has 1 amide bonds. The van der Waals surface area contributed by atoms with Crippen LogP contribution in [-0.2, 0) is 9.53 Å². The molecule has 0 aliphatic carbocycles. The molecule has 0 radical (unpaired) electrons. The standard InChI is InChI=1S/C26H34F2N8O2/c1-26(2,3)21(29)24(37)35-10-8-33(9-11-35)19-16-20(34-12-14-38-15-13-34)32-25(31-19)36-18-7-5-4-6-17(18)30-23(36)22(27)28/h4-7,16,21-22H,8-15,29H2,1-3H3. The Bertz CT molecular complexity index is 1290. The van der Waals surface area contributed by atoms with Gasteiger partial charge in [0.15, 0.2) is 5.82 Å². The highest BCUT2D eigenvalue weighted by Crippen LogP contribution is 2.30. The first-order valence-electron chi connectivity index (χ1n) is 12.9. The van der Waals surface area contributed by atoms with Gasteiger partial charge in [0.1, 0.15) is 11.6 Å². The lowest BCUT2D eigenvalue weighted by Gasteiger charge is -2.39. The molecule has 204 valence electrons. The molecule has 2 aliphatic heterocycles. The Balaban J connectivity index is 1.50. The summed E-state index contributed by atoms with van der Waals surface area (Å²) in [6.45, 7) is 10.3. The van der Waals surface area contributed by atoms with Gasteiger partial charge in [-0.25, -0.2) is 13.8 Å². The number of morpholine rings is 1. The minimum absolute atomic E-state index is 0.0685. The molecule has 2 aliphatic rings. The van der Waals surface area contributed by atoms with E-state index in [0.29, 0.717) is 75.2 Å². The van der Waals surface area contributed by atoms with Gasteiger partial charge >= 0.3 is 0 Å². The first kappa shape index (κ1) is 26.2. The number of aromatic nitrogens is 4. The monoisotopic (exact) mass is 528 g/mol. The van der Waals surface area contributed by atoms with Crippen molar-refractivity contribution >= 4 is 28.6 Å². The van der Waals surface area contributed by atoms with E-state index in [1.807, 2.05) is 26.8 Å². The maximum atomic E-state index is 14.1. The van der Waals surface area contributed by atoms with Crippen LogP contribution in [0.4, 0.5) is 20.4 Å². The summed E-state index contributed by atoms with van der Waals surface area (Å²) < 4.78 is 35.1. The van der Waals surface area contributed by atoms with E-state index < -0.39 is 18.3 Å². The van der Waals surface area contributed by atoms with Gasteiger partial charge in [-0.3, -0.25) is 9.36 Å². The Morgan fingerprint density at radius 2 is 1.55 bits per heavy atom. The van der Waals surface area contributed by atoms with Gasteiger partial charge in [-0.2, -0.15) is 9.97 Å². The number of hydrogen-bond donors (Lipinski definition) is 1. The van der Waals surface area contributed by atoms with E-state index in [9.17, 15) is 13.6 Å². The summed E-state index contributed by atoms with van der Waals surface area (Å²) in [5, 5.41) is 0. The van der Waals surface area contributed by atoms with Gasteiger partial charge < -0.3 is 25.2 Å². The second-order valence-electron chi connectivity index (χ2n) is 10.7. The molecule has 2 saturated heterocycles. The van der Waals surface area contributed by atoms with Gasteiger partial charge in [-0.15, -0.1) is 0 Å². The topological polar surface area (TPSA) is 106 Å². The number of para-hydroxylation sites is 2. The summed E-state index contributed by atoms with van der Waals surface area (Å²) in [6, 6.07) is 8.27. The van der Waals surface area contributed by atoms with Crippen molar-refractivity contribution in [3.05, 3.63) is 36.2 Å². The highest BCUT2D eigenvalue weighted by molar-refractivity contribution is 5.82. The van der Waals surface area contributed by atoms with E-state index in [2.05, 4.69) is 14.8 Å². The quantitative estimate of drug-likeness (QED) is 0.539. The number of hydrogen-bond acceptors (Lipinski definition) is 8. The molecule has 2 N–H and O–H groups in total. The van der Waals surface area contributed by atoms with Gasteiger partial charge in [-0.05, 0) is 17.5 Å². The van der Waals surface area contributed by atoms with E-state index in [1.54, 1.807) is 29.2 Å². The number of anilines is 2. The Hall–Kier alpha value is -3.38. The molecule has 0 saturated carbocycles. The van der Waals surface area contributed by atoms with Gasteiger partial charge in [0.2, 0.25) is 11.9 Å². The van der Waals surface area contributed by atoms with Crippen molar-refractivity contribution in [1.29, 1.82) is 0 Å². The molecule has 0 spiro atoms. The number of nitrogens with zero attached hydrogens (tertiary/aromatic N) is 7. The predicted molar refractivity (Wildman–Crippen MR) is 141 cm³/mol. The van der Waals surface area contributed by atoms with Gasteiger partial charge in [0.25, 0.3) is 6.43 Å². The lowest BCUT2D eigenvalue weighted by atomic mass is 9.86. The van der Waals surface area contributed by atoms with Crippen LogP contribution >= 0.6 is 0 Å². The number of halogens is 2. The number of alkyl halides is 2. The number of carbonyl (C=O) groups is 1. The minimum atomic E-state index is -2.80. The van der Waals surface area contributed by atoms with Crippen molar-refractivity contribution < 1.29 is 18.3 Å². The number of nitrogens with two attached hydrogens (primary N) is 1. The third-order valence-corrected chi connectivity index (χ3v) is 7.12. The normalized spacial score (nSPS) is 17.9. The fraction of sp³-hybridized carbons (Fsp3) is 0.538.